The number of hydrogen-bond acceptors (Lipinski definition) is 4. The average Bonchev–Trinajstić information content (AvgIpc) is 2.35. The molecule has 1 heterocycles. The number of hydrogen-bond donors (Lipinski definition) is 2. The molecule has 0 aliphatic rings. The van der Waals surface area contributed by atoms with Gasteiger partial charge in [0.1, 0.15) is 0 Å². The lowest BCUT2D eigenvalue weighted by Crippen LogP contribution is -2.16. The second-order valence-electron chi connectivity index (χ2n) is 3.53. The smallest absolute Gasteiger partial charge is 0.282 e. The number of halogens is 2. The Balaban J connectivity index is 2.43. The number of phenols is 1. The maximum absolute atomic E-state index is 13.4. The quantitative estimate of drug-likeness (QED) is 0.836. The lowest BCUT2D eigenvalue weighted by atomic mass is 10.3. The summed E-state index contributed by atoms with van der Waals surface area (Å²) in [7, 11) is -4.20. The van der Waals surface area contributed by atoms with Crippen LogP contribution in [0.4, 0.5) is 10.1 Å². The third-order valence-corrected chi connectivity index (χ3v) is 4.15. The predicted octanol–water partition coefficient (Wildman–Crippen LogP) is 2.49. The molecule has 5 nitrogen and oxygen atoms in total. The van der Waals surface area contributed by atoms with E-state index in [1.54, 1.807) is 0 Å². The first-order chi connectivity index (χ1) is 8.92. The number of sulfonamides is 1. The maximum atomic E-state index is 13.4. The highest BCUT2D eigenvalue weighted by atomic mass is 79.9. The minimum Gasteiger partial charge on any atom is -0.505 e. The summed E-state index contributed by atoms with van der Waals surface area (Å²) >= 11 is 3.05. The van der Waals surface area contributed by atoms with E-state index in [2.05, 4.69) is 25.6 Å². The van der Waals surface area contributed by atoms with Crippen molar-refractivity contribution < 1.29 is 17.9 Å². The van der Waals surface area contributed by atoms with Crippen LogP contribution in [0.15, 0.2) is 46.0 Å². The van der Waals surface area contributed by atoms with E-state index in [1.165, 1.54) is 30.5 Å². The van der Waals surface area contributed by atoms with Crippen molar-refractivity contribution in [1.82, 2.24) is 4.98 Å². The van der Waals surface area contributed by atoms with Crippen molar-refractivity contribution in [2.45, 2.75) is 5.03 Å². The SMILES string of the molecule is O=S(=O)(Nc1cccc(Br)c1O)c1ncccc1F. The summed E-state index contributed by atoms with van der Waals surface area (Å²) in [5.74, 6) is -1.26. The first-order valence-corrected chi connectivity index (χ1v) is 7.30. The predicted molar refractivity (Wildman–Crippen MR) is 70.8 cm³/mol. The van der Waals surface area contributed by atoms with Gasteiger partial charge in [-0.3, -0.25) is 4.72 Å². The third-order valence-electron chi connectivity index (χ3n) is 2.21. The van der Waals surface area contributed by atoms with Gasteiger partial charge in [0, 0.05) is 6.20 Å². The highest BCUT2D eigenvalue weighted by Gasteiger charge is 2.22. The summed E-state index contributed by atoms with van der Waals surface area (Å²) in [5, 5.41) is 8.96. The maximum Gasteiger partial charge on any atom is 0.282 e. The van der Waals surface area contributed by atoms with E-state index >= 15 is 0 Å². The molecule has 2 N–H and O–H groups in total. The minimum absolute atomic E-state index is 0.0700. The Labute approximate surface area is 117 Å². The van der Waals surface area contributed by atoms with Crippen molar-refractivity contribution >= 4 is 31.6 Å². The minimum atomic E-state index is -4.20. The van der Waals surface area contributed by atoms with E-state index in [9.17, 15) is 17.9 Å². The van der Waals surface area contributed by atoms with Gasteiger partial charge in [-0.2, -0.15) is 8.42 Å². The Bertz CT molecular complexity index is 722. The van der Waals surface area contributed by atoms with Gasteiger partial charge in [-0.15, -0.1) is 0 Å². The monoisotopic (exact) mass is 346 g/mol. The van der Waals surface area contributed by atoms with E-state index < -0.39 is 20.9 Å². The molecule has 0 amide bonds. The Morgan fingerprint density at radius 3 is 2.68 bits per heavy atom. The molecule has 0 saturated carbocycles. The molecule has 1 aromatic heterocycles. The van der Waals surface area contributed by atoms with Gasteiger partial charge < -0.3 is 5.11 Å². The molecule has 2 aromatic rings. The molecule has 0 spiro atoms. The van der Waals surface area contributed by atoms with Crippen LogP contribution in [0.1, 0.15) is 0 Å². The summed E-state index contributed by atoms with van der Waals surface area (Å²) in [4.78, 5) is 3.48. The number of phenolic OH excluding ortho intramolecular Hbond substituents is 1. The first-order valence-electron chi connectivity index (χ1n) is 5.02. The number of rotatable bonds is 3. The van der Waals surface area contributed by atoms with Crippen LogP contribution in [0.3, 0.4) is 0 Å². The van der Waals surface area contributed by atoms with Gasteiger partial charge >= 0.3 is 0 Å². The Hall–Kier alpha value is -1.67. The van der Waals surface area contributed by atoms with Gasteiger partial charge in [-0.1, -0.05) is 6.07 Å². The normalized spacial score (nSPS) is 11.3. The second kappa shape index (κ2) is 5.14. The van der Waals surface area contributed by atoms with E-state index in [4.69, 9.17) is 0 Å². The van der Waals surface area contributed by atoms with Crippen LogP contribution < -0.4 is 4.72 Å². The average molecular weight is 347 g/mol. The summed E-state index contributed by atoms with van der Waals surface area (Å²) in [6, 6.07) is 6.68. The highest BCUT2D eigenvalue weighted by molar-refractivity contribution is 9.10. The molecule has 0 fully saturated rings. The molecule has 0 aliphatic carbocycles. The zero-order valence-electron chi connectivity index (χ0n) is 9.34. The summed E-state index contributed by atoms with van der Waals surface area (Å²) in [6.45, 7) is 0. The molecule has 19 heavy (non-hydrogen) atoms. The molecule has 2 rings (SSSR count). The number of nitrogens with one attached hydrogen (secondary N) is 1. The van der Waals surface area contributed by atoms with E-state index in [-0.39, 0.29) is 11.4 Å². The fourth-order valence-corrected chi connectivity index (χ4v) is 2.80. The summed E-state index contributed by atoms with van der Waals surface area (Å²) < 4.78 is 39.7. The number of aromatic hydroxyl groups is 1. The van der Waals surface area contributed by atoms with Crippen LogP contribution >= 0.6 is 15.9 Å². The van der Waals surface area contributed by atoms with Crippen molar-refractivity contribution in [1.29, 1.82) is 0 Å². The molecule has 0 unspecified atom stereocenters. The van der Waals surface area contributed by atoms with Crippen LogP contribution in [-0.2, 0) is 10.0 Å². The van der Waals surface area contributed by atoms with Gasteiger partial charge in [0.05, 0.1) is 10.2 Å². The van der Waals surface area contributed by atoms with Crippen molar-refractivity contribution in [2.75, 3.05) is 4.72 Å². The molecule has 0 aliphatic heterocycles. The lowest BCUT2D eigenvalue weighted by Gasteiger charge is -2.10. The fraction of sp³-hybridized carbons (Fsp3) is 0. The number of nitrogens with zero attached hydrogens (tertiary/aromatic N) is 1. The van der Waals surface area contributed by atoms with Crippen LogP contribution in [0.5, 0.6) is 5.75 Å². The standard InChI is InChI=1S/C11H8BrFN2O3S/c12-7-3-1-5-9(10(7)16)15-19(17,18)11-8(13)4-2-6-14-11/h1-6,15-16H. The number of aromatic nitrogens is 1. The number of pyridine rings is 1. The highest BCUT2D eigenvalue weighted by Crippen LogP contribution is 2.32. The van der Waals surface area contributed by atoms with Crippen molar-refractivity contribution in [3.63, 3.8) is 0 Å². The molecular formula is C11H8BrFN2O3S. The fourth-order valence-electron chi connectivity index (χ4n) is 1.36. The third kappa shape index (κ3) is 2.85. The Kier molecular flexibility index (Phi) is 3.72. The van der Waals surface area contributed by atoms with Crippen molar-refractivity contribution in [2.24, 2.45) is 0 Å². The van der Waals surface area contributed by atoms with Gasteiger partial charge in [0.25, 0.3) is 10.0 Å². The number of anilines is 1. The molecule has 1 aromatic carbocycles. The largest absolute Gasteiger partial charge is 0.505 e. The first kappa shape index (κ1) is 13.8. The van der Waals surface area contributed by atoms with Gasteiger partial charge in [-0.25, -0.2) is 9.37 Å². The van der Waals surface area contributed by atoms with Gasteiger partial charge in [0.2, 0.25) is 5.03 Å². The molecular weight excluding hydrogens is 339 g/mol. The molecule has 100 valence electrons. The lowest BCUT2D eigenvalue weighted by molar-refractivity contribution is 0.474. The Morgan fingerprint density at radius 1 is 1.26 bits per heavy atom. The molecule has 0 atom stereocenters. The molecule has 0 saturated heterocycles. The molecule has 0 bridgehead atoms. The molecule has 8 heteroatoms. The van der Waals surface area contributed by atoms with E-state index in [0.29, 0.717) is 4.47 Å². The van der Waals surface area contributed by atoms with Crippen LogP contribution in [0, 0.1) is 5.82 Å². The van der Waals surface area contributed by atoms with Crippen LogP contribution in [-0.4, -0.2) is 18.5 Å². The Morgan fingerprint density at radius 2 is 2.00 bits per heavy atom. The van der Waals surface area contributed by atoms with Gasteiger partial charge in [-0.05, 0) is 40.2 Å². The second-order valence-corrected chi connectivity index (χ2v) is 5.98. The van der Waals surface area contributed by atoms with Crippen LogP contribution in [0.2, 0.25) is 0 Å². The zero-order chi connectivity index (χ0) is 14.0. The number of para-hydroxylation sites is 1. The van der Waals surface area contributed by atoms with Crippen molar-refractivity contribution in [3.05, 3.63) is 46.8 Å². The van der Waals surface area contributed by atoms with Crippen LogP contribution in [0.25, 0.3) is 0 Å². The van der Waals surface area contributed by atoms with E-state index in [0.717, 1.165) is 6.07 Å². The summed E-state index contributed by atoms with van der Waals surface area (Å²) in [5.41, 5.74) is -0.0700. The van der Waals surface area contributed by atoms with E-state index in [1.807, 2.05) is 0 Å². The zero-order valence-corrected chi connectivity index (χ0v) is 11.7. The summed E-state index contributed by atoms with van der Waals surface area (Å²) in [6.07, 6.45) is 1.17. The van der Waals surface area contributed by atoms with Crippen molar-refractivity contribution in [3.8, 4) is 5.75 Å². The topological polar surface area (TPSA) is 79.3 Å². The number of benzene rings is 1. The van der Waals surface area contributed by atoms with Gasteiger partial charge in [0.15, 0.2) is 11.6 Å². The molecule has 0 radical (unpaired) electrons.